The van der Waals surface area contributed by atoms with Gasteiger partial charge in [-0.15, -0.1) is 0 Å². The van der Waals surface area contributed by atoms with Crippen molar-refractivity contribution < 1.29 is 4.79 Å². The largest absolute Gasteiger partial charge is 0.343 e. The van der Waals surface area contributed by atoms with E-state index in [9.17, 15) is 4.79 Å². The number of carbonyl (C=O) groups excluding carboxylic acids is 1. The molecule has 3 aromatic rings. The van der Waals surface area contributed by atoms with E-state index in [4.69, 9.17) is 4.98 Å². The summed E-state index contributed by atoms with van der Waals surface area (Å²) >= 11 is 0. The van der Waals surface area contributed by atoms with E-state index in [2.05, 4.69) is 25.4 Å². The molecule has 1 saturated carbocycles. The second-order valence-corrected chi connectivity index (χ2v) is 7.75. The molecule has 2 aromatic heterocycles. The van der Waals surface area contributed by atoms with Crippen LogP contribution >= 0.6 is 0 Å². The lowest BCUT2D eigenvalue weighted by Gasteiger charge is -2.45. The number of anilines is 4. The van der Waals surface area contributed by atoms with Crippen molar-refractivity contribution in [1.82, 2.24) is 29.7 Å². The molecule has 2 aliphatic rings. The van der Waals surface area contributed by atoms with Crippen LogP contribution in [0.5, 0.6) is 0 Å². The molecule has 1 N–H and O–H groups in total. The van der Waals surface area contributed by atoms with Crippen LogP contribution in [-0.2, 0) is 0 Å². The van der Waals surface area contributed by atoms with Crippen molar-refractivity contribution in [2.24, 2.45) is 0 Å². The minimum Gasteiger partial charge on any atom is -0.324 e. The van der Waals surface area contributed by atoms with Gasteiger partial charge in [-0.2, -0.15) is 10.1 Å². The lowest BCUT2D eigenvalue weighted by molar-refractivity contribution is 0.191. The molecule has 0 atom stereocenters. The molecule has 5 rings (SSSR count). The summed E-state index contributed by atoms with van der Waals surface area (Å²) in [7, 11) is 1.77. The molecule has 160 valence electrons. The van der Waals surface area contributed by atoms with Crippen LogP contribution in [0.15, 0.2) is 43.1 Å². The number of urea groups is 1. The first-order chi connectivity index (χ1) is 15.2. The first-order valence-electron chi connectivity index (χ1n) is 10.6. The highest BCUT2D eigenvalue weighted by Crippen LogP contribution is 2.38. The number of hydrogen-bond acceptors (Lipinski definition) is 7. The highest BCUT2D eigenvalue weighted by Gasteiger charge is 2.39. The van der Waals surface area contributed by atoms with Crippen molar-refractivity contribution in [2.75, 3.05) is 28.8 Å². The highest BCUT2D eigenvalue weighted by atomic mass is 16.2. The summed E-state index contributed by atoms with van der Waals surface area (Å²) in [5.74, 6) is 1.27. The Morgan fingerprint density at radius 2 is 1.94 bits per heavy atom. The molecule has 1 aromatic carbocycles. The molecule has 0 bridgehead atoms. The standard InChI is InChI=1S/C21H25N9O/c1-3-29-21(31)27(2)18-12-23-20(26-19(18)30(29)17-6-4-5-7-17)25-15-8-10-16(11-9-15)28-14-22-13-24-28/h8-14,17H,3-7H2,1-2H3,(H,23,25,26). The van der Waals surface area contributed by atoms with Gasteiger partial charge in [0.1, 0.15) is 18.3 Å². The van der Waals surface area contributed by atoms with Crippen molar-refractivity contribution >= 4 is 29.2 Å². The van der Waals surface area contributed by atoms with Crippen molar-refractivity contribution in [2.45, 2.75) is 38.6 Å². The smallest absolute Gasteiger partial charge is 0.324 e. The first-order valence-corrected chi connectivity index (χ1v) is 10.6. The second-order valence-electron chi connectivity index (χ2n) is 7.75. The Hall–Kier alpha value is -3.69. The SMILES string of the molecule is CCN1C(=O)N(C)c2cnc(Nc3ccc(-n4cncn4)cc3)nc2N1C1CCCC1. The highest BCUT2D eigenvalue weighted by molar-refractivity contribution is 5.98. The topological polar surface area (TPSA) is 95.3 Å². The number of benzene rings is 1. The van der Waals surface area contributed by atoms with E-state index >= 15 is 0 Å². The fraction of sp³-hybridized carbons (Fsp3) is 0.381. The summed E-state index contributed by atoms with van der Waals surface area (Å²) in [5, 5.41) is 11.3. The zero-order chi connectivity index (χ0) is 21.4. The van der Waals surface area contributed by atoms with Gasteiger partial charge in [0.25, 0.3) is 0 Å². The first kappa shape index (κ1) is 19.3. The van der Waals surface area contributed by atoms with Gasteiger partial charge in [-0.25, -0.2) is 24.5 Å². The van der Waals surface area contributed by atoms with E-state index in [1.165, 1.54) is 19.2 Å². The molecule has 1 fully saturated rings. The summed E-state index contributed by atoms with van der Waals surface area (Å²) in [6.07, 6.45) is 9.35. The summed E-state index contributed by atoms with van der Waals surface area (Å²) in [6, 6.07) is 8.03. The number of hydrogen-bond donors (Lipinski definition) is 1. The molecule has 3 heterocycles. The van der Waals surface area contributed by atoms with Crippen molar-refractivity contribution in [3.63, 3.8) is 0 Å². The second kappa shape index (κ2) is 7.86. The third-order valence-electron chi connectivity index (χ3n) is 5.87. The molecule has 0 unspecified atom stereocenters. The molecule has 1 aliphatic carbocycles. The molecule has 10 heteroatoms. The van der Waals surface area contributed by atoms with Crippen molar-refractivity contribution in [3.05, 3.63) is 43.1 Å². The van der Waals surface area contributed by atoms with E-state index in [0.717, 1.165) is 35.7 Å². The number of carbonyl (C=O) groups is 1. The van der Waals surface area contributed by atoms with Gasteiger partial charge in [0.05, 0.1) is 17.9 Å². The minimum atomic E-state index is -0.0464. The maximum atomic E-state index is 12.9. The van der Waals surface area contributed by atoms with Gasteiger partial charge < -0.3 is 5.32 Å². The zero-order valence-electron chi connectivity index (χ0n) is 17.6. The van der Waals surface area contributed by atoms with Crippen LogP contribution < -0.4 is 15.2 Å². The summed E-state index contributed by atoms with van der Waals surface area (Å²) in [5.41, 5.74) is 2.51. The van der Waals surface area contributed by atoms with Crippen molar-refractivity contribution in [3.8, 4) is 5.69 Å². The minimum absolute atomic E-state index is 0.0464. The number of fused-ring (bicyclic) bond motifs is 1. The van der Waals surface area contributed by atoms with E-state index in [-0.39, 0.29) is 12.1 Å². The van der Waals surface area contributed by atoms with Gasteiger partial charge in [-0.1, -0.05) is 12.8 Å². The van der Waals surface area contributed by atoms with Gasteiger partial charge in [-0.3, -0.25) is 9.91 Å². The maximum absolute atomic E-state index is 12.9. The average molecular weight is 419 g/mol. The lowest BCUT2D eigenvalue weighted by Crippen LogP contribution is -2.59. The number of rotatable bonds is 5. The van der Waals surface area contributed by atoms with Crippen LogP contribution in [0.2, 0.25) is 0 Å². The van der Waals surface area contributed by atoms with Crippen LogP contribution in [0, 0.1) is 0 Å². The molecular weight excluding hydrogens is 394 g/mol. The molecule has 1 aliphatic heterocycles. The van der Waals surface area contributed by atoms with Crippen LogP contribution in [0.25, 0.3) is 5.69 Å². The number of nitrogens with one attached hydrogen (secondary N) is 1. The molecule has 0 saturated heterocycles. The molecule has 0 radical (unpaired) electrons. The summed E-state index contributed by atoms with van der Waals surface area (Å²) < 4.78 is 1.70. The van der Waals surface area contributed by atoms with E-state index < -0.39 is 0 Å². The van der Waals surface area contributed by atoms with Crippen LogP contribution in [-0.4, -0.2) is 55.4 Å². The van der Waals surface area contributed by atoms with Gasteiger partial charge in [-0.05, 0) is 44.0 Å². The number of amides is 2. The normalized spacial score (nSPS) is 16.7. The monoisotopic (exact) mass is 419 g/mol. The predicted octanol–water partition coefficient (Wildman–Crippen LogP) is 3.36. The van der Waals surface area contributed by atoms with E-state index in [0.29, 0.717) is 12.5 Å². The third-order valence-corrected chi connectivity index (χ3v) is 5.87. The molecule has 2 amide bonds. The van der Waals surface area contributed by atoms with Crippen LogP contribution in [0.1, 0.15) is 32.6 Å². The Morgan fingerprint density at radius 3 is 2.61 bits per heavy atom. The van der Waals surface area contributed by atoms with Gasteiger partial charge in [0, 0.05) is 19.3 Å². The Balaban J connectivity index is 1.45. The quantitative estimate of drug-likeness (QED) is 0.677. The summed E-state index contributed by atoms with van der Waals surface area (Å²) in [4.78, 5) is 27.8. The number of aromatic nitrogens is 5. The van der Waals surface area contributed by atoms with Crippen molar-refractivity contribution in [1.29, 1.82) is 0 Å². The van der Waals surface area contributed by atoms with Gasteiger partial charge in [0.2, 0.25) is 5.95 Å². The van der Waals surface area contributed by atoms with E-state index in [1.54, 1.807) is 34.2 Å². The number of hydrazine groups is 1. The zero-order valence-corrected chi connectivity index (χ0v) is 17.6. The fourth-order valence-corrected chi connectivity index (χ4v) is 4.29. The van der Waals surface area contributed by atoms with Crippen LogP contribution in [0.4, 0.5) is 27.9 Å². The Kier molecular flexibility index (Phi) is 4.89. The Labute approximate surface area is 180 Å². The third kappa shape index (κ3) is 3.43. The fourth-order valence-electron chi connectivity index (χ4n) is 4.29. The molecule has 0 spiro atoms. The maximum Gasteiger partial charge on any atom is 0.343 e. The van der Waals surface area contributed by atoms with Crippen LogP contribution in [0.3, 0.4) is 0 Å². The summed E-state index contributed by atoms with van der Waals surface area (Å²) in [6.45, 7) is 2.59. The average Bonchev–Trinajstić information content (AvgIpc) is 3.51. The molecular formula is C21H25N9O. The lowest BCUT2D eigenvalue weighted by atomic mass is 10.2. The van der Waals surface area contributed by atoms with Gasteiger partial charge >= 0.3 is 6.03 Å². The predicted molar refractivity (Wildman–Crippen MR) is 118 cm³/mol. The Bertz CT molecular complexity index is 1060. The molecule has 31 heavy (non-hydrogen) atoms. The number of nitrogens with zero attached hydrogens (tertiary/aromatic N) is 8. The van der Waals surface area contributed by atoms with Gasteiger partial charge in [0.15, 0.2) is 5.82 Å². The van der Waals surface area contributed by atoms with E-state index in [1.807, 2.05) is 31.2 Å². The Morgan fingerprint density at radius 1 is 1.16 bits per heavy atom. The molecule has 10 nitrogen and oxygen atoms in total.